The summed E-state index contributed by atoms with van der Waals surface area (Å²) < 4.78 is 40.1. The van der Waals surface area contributed by atoms with E-state index in [0.717, 1.165) is 12.5 Å². The standard InChI is InChI=1S/C9H12FNO3S/c1-2-5-14-9-4-3-7(6-8(9)10)15(11,12)13/h3-4,6H,2,5H2,1H3,(H2,11,12,13). The van der Waals surface area contributed by atoms with Crippen molar-refractivity contribution in [2.24, 2.45) is 5.14 Å². The summed E-state index contributed by atoms with van der Waals surface area (Å²) in [6.07, 6.45) is 0.746. The van der Waals surface area contributed by atoms with Gasteiger partial charge in [0.05, 0.1) is 11.5 Å². The van der Waals surface area contributed by atoms with E-state index in [4.69, 9.17) is 9.88 Å². The third-order valence-corrected chi connectivity index (χ3v) is 2.60. The van der Waals surface area contributed by atoms with E-state index >= 15 is 0 Å². The molecule has 6 heteroatoms. The highest BCUT2D eigenvalue weighted by molar-refractivity contribution is 7.89. The number of rotatable bonds is 4. The predicted molar refractivity (Wildman–Crippen MR) is 53.6 cm³/mol. The molecule has 4 nitrogen and oxygen atoms in total. The average Bonchev–Trinajstić information content (AvgIpc) is 2.14. The fourth-order valence-corrected chi connectivity index (χ4v) is 1.51. The van der Waals surface area contributed by atoms with Gasteiger partial charge in [0.2, 0.25) is 10.0 Å². The van der Waals surface area contributed by atoms with Crippen molar-refractivity contribution >= 4 is 10.0 Å². The van der Waals surface area contributed by atoms with Crippen molar-refractivity contribution in [1.29, 1.82) is 0 Å². The van der Waals surface area contributed by atoms with Crippen molar-refractivity contribution in [3.63, 3.8) is 0 Å². The second kappa shape index (κ2) is 4.59. The molecule has 0 aliphatic rings. The Bertz CT molecular complexity index is 445. The molecular formula is C9H12FNO3S. The van der Waals surface area contributed by atoms with Crippen molar-refractivity contribution in [3.8, 4) is 5.75 Å². The van der Waals surface area contributed by atoms with Crippen LogP contribution in [0.2, 0.25) is 0 Å². The van der Waals surface area contributed by atoms with Gasteiger partial charge in [0.25, 0.3) is 0 Å². The number of nitrogens with two attached hydrogens (primary N) is 1. The van der Waals surface area contributed by atoms with Crippen LogP contribution in [0.15, 0.2) is 23.1 Å². The van der Waals surface area contributed by atoms with E-state index in [9.17, 15) is 12.8 Å². The number of halogens is 1. The first-order valence-electron chi connectivity index (χ1n) is 4.40. The summed E-state index contributed by atoms with van der Waals surface area (Å²) in [4.78, 5) is -0.260. The Morgan fingerprint density at radius 2 is 2.13 bits per heavy atom. The van der Waals surface area contributed by atoms with Gasteiger partial charge in [-0.25, -0.2) is 17.9 Å². The van der Waals surface area contributed by atoms with Gasteiger partial charge in [-0.15, -0.1) is 0 Å². The van der Waals surface area contributed by atoms with Crippen LogP contribution in [0.1, 0.15) is 13.3 Å². The molecule has 0 radical (unpaired) electrons. The summed E-state index contributed by atoms with van der Waals surface area (Å²) in [5.41, 5.74) is 0. The molecule has 0 saturated heterocycles. The maximum absolute atomic E-state index is 13.3. The molecule has 0 amide bonds. The van der Waals surface area contributed by atoms with Crippen LogP contribution in [0.3, 0.4) is 0 Å². The smallest absolute Gasteiger partial charge is 0.238 e. The van der Waals surface area contributed by atoms with Gasteiger partial charge in [-0.1, -0.05) is 6.92 Å². The lowest BCUT2D eigenvalue weighted by Gasteiger charge is -2.06. The summed E-state index contributed by atoms with van der Waals surface area (Å²) >= 11 is 0. The molecule has 0 saturated carbocycles. The SMILES string of the molecule is CCCOc1ccc(S(N)(=O)=O)cc1F. The van der Waals surface area contributed by atoms with E-state index in [1.807, 2.05) is 6.92 Å². The van der Waals surface area contributed by atoms with Crippen LogP contribution >= 0.6 is 0 Å². The summed E-state index contributed by atoms with van der Waals surface area (Å²) in [6.45, 7) is 2.27. The zero-order valence-electron chi connectivity index (χ0n) is 8.23. The monoisotopic (exact) mass is 233 g/mol. The molecule has 0 heterocycles. The Labute approximate surface area is 87.9 Å². The van der Waals surface area contributed by atoms with E-state index in [2.05, 4.69) is 0 Å². The fraction of sp³-hybridized carbons (Fsp3) is 0.333. The van der Waals surface area contributed by atoms with Crippen LogP contribution in [0.4, 0.5) is 4.39 Å². The first-order valence-corrected chi connectivity index (χ1v) is 5.95. The number of hydrogen-bond donors (Lipinski definition) is 1. The van der Waals surface area contributed by atoms with Gasteiger partial charge in [-0.05, 0) is 24.6 Å². The van der Waals surface area contributed by atoms with Gasteiger partial charge in [0, 0.05) is 0 Å². The van der Waals surface area contributed by atoms with E-state index in [1.54, 1.807) is 0 Å². The first kappa shape index (κ1) is 11.9. The molecule has 0 atom stereocenters. The molecule has 1 rings (SSSR count). The van der Waals surface area contributed by atoms with Crippen molar-refractivity contribution in [3.05, 3.63) is 24.0 Å². The van der Waals surface area contributed by atoms with Crippen LogP contribution in [0, 0.1) is 5.82 Å². The van der Waals surface area contributed by atoms with Crippen molar-refractivity contribution in [2.75, 3.05) is 6.61 Å². The first-order chi connectivity index (χ1) is 6.95. The predicted octanol–water partition coefficient (Wildman–Crippen LogP) is 1.26. The minimum absolute atomic E-state index is 0.0317. The van der Waals surface area contributed by atoms with Crippen LogP contribution in [0.25, 0.3) is 0 Å². The maximum atomic E-state index is 13.3. The van der Waals surface area contributed by atoms with Crippen LogP contribution < -0.4 is 9.88 Å². The molecule has 0 aliphatic carbocycles. The normalized spacial score (nSPS) is 11.4. The molecule has 15 heavy (non-hydrogen) atoms. The van der Waals surface area contributed by atoms with Gasteiger partial charge in [-0.2, -0.15) is 0 Å². The maximum Gasteiger partial charge on any atom is 0.238 e. The Hall–Kier alpha value is -1.14. The molecule has 0 aliphatic heterocycles. The highest BCUT2D eigenvalue weighted by Crippen LogP contribution is 2.20. The van der Waals surface area contributed by atoms with E-state index in [1.165, 1.54) is 12.1 Å². The highest BCUT2D eigenvalue weighted by atomic mass is 32.2. The number of ether oxygens (including phenoxy) is 1. The largest absolute Gasteiger partial charge is 0.491 e. The van der Waals surface area contributed by atoms with Gasteiger partial charge in [0.15, 0.2) is 11.6 Å². The summed E-state index contributed by atoms with van der Waals surface area (Å²) in [7, 11) is -3.86. The van der Waals surface area contributed by atoms with Crippen molar-refractivity contribution in [2.45, 2.75) is 18.2 Å². The average molecular weight is 233 g/mol. The molecule has 0 unspecified atom stereocenters. The zero-order chi connectivity index (χ0) is 11.5. The Kier molecular flexibility index (Phi) is 3.65. The molecule has 2 N–H and O–H groups in total. The lowest BCUT2D eigenvalue weighted by Crippen LogP contribution is -2.12. The summed E-state index contributed by atoms with van der Waals surface area (Å²) in [5.74, 6) is -0.695. The van der Waals surface area contributed by atoms with Gasteiger partial charge in [-0.3, -0.25) is 0 Å². The summed E-state index contributed by atoms with van der Waals surface area (Å²) in [6, 6.07) is 3.31. The number of benzene rings is 1. The van der Waals surface area contributed by atoms with Crippen LogP contribution in [-0.2, 0) is 10.0 Å². The van der Waals surface area contributed by atoms with E-state index < -0.39 is 15.8 Å². The van der Waals surface area contributed by atoms with Crippen molar-refractivity contribution < 1.29 is 17.5 Å². The highest BCUT2D eigenvalue weighted by Gasteiger charge is 2.11. The quantitative estimate of drug-likeness (QED) is 0.851. The van der Waals surface area contributed by atoms with Crippen molar-refractivity contribution in [1.82, 2.24) is 0 Å². The molecular weight excluding hydrogens is 221 g/mol. The zero-order valence-corrected chi connectivity index (χ0v) is 9.05. The lowest BCUT2D eigenvalue weighted by atomic mass is 10.3. The minimum atomic E-state index is -3.86. The number of hydrogen-bond acceptors (Lipinski definition) is 3. The second-order valence-corrected chi connectivity index (χ2v) is 4.55. The van der Waals surface area contributed by atoms with Crippen LogP contribution in [-0.4, -0.2) is 15.0 Å². The minimum Gasteiger partial charge on any atom is -0.491 e. The molecule has 1 aromatic carbocycles. The Morgan fingerprint density at radius 3 is 2.60 bits per heavy atom. The van der Waals surface area contributed by atoms with Gasteiger partial charge in [0.1, 0.15) is 0 Å². The molecule has 0 fully saturated rings. The Balaban J connectivity index is 2.99. The second-order valence-electron chi connectivity index (χ2n) is 2.99. The molecule has 0 spiro atoms. The third kappa shape index (κ3) is 3.17. The summed E-state index contributed by atoms with van der Waals surface area (Å²) in [5, 5.41) is 4.84. The molecule has 0 aromatic heterocycles. The molecule has 1 aromatic rings. The van der Waals surface area contributed by atoms with Crippen LogP contribution in [0.5, 0.6) is 5.75 Å². The molecule has 84 valence electrons. The van der Waals surface area contributed by atoms with E-state index in [0.29, 0.717) is 6.61 Å². The molecule has 0 bridgehead atoms. The number of primary sulfonamides is 1. The number of sulfonamides is 1. The Morgan fingerprint density at radius 1 is 1.47 bits per heavy atom. The lowest BCUT2D eigenvalue weighted by molar-refractivity contribution is 0.301. The van der Waals surface area contributed by atoms with E-state index in [-0.39, 0.29) is 10.6 Å². The topological polar surface area (TPSA) is 69.4 Å². The van der Waals surface area contributed by atoms with Gasteiger partial charge < -0.3 is 4.74 Å². The fourth-order valence-electron chi connectivity index (χ4n) is 0.988. The third-order valence-electron chi connectivity index (χ3n) is 1.69. The van der Waals surface area contributed by atoms with Gasteiger partial charge >= 0.3 is 0 Å².